The molecule has 3 aromatic rings. The fraction of sp³-hybridized carbons (Fsp3) is 0.250. The third-order valence-electron chi connectivity index (χ3n) is 5.12. The van der Waals surface area contributed by atoms with Crippen LogP contribution in [0.15, 0.2) is 50.9 Å². The molecule has 3 N–H and O–H groups in total. The van der Waals surface area contributed by atoms with Gasteiger partial charge >= 0.3 is 11.1 Å². The van der Waals surface area contributed by atoms with Gasteiger partial charge in [-0.15, -0.1) is 0 Å². The summed E-state index contributed by atoms with van der Waals surface area (Å²) in [6.07, 6.45) is 2.62. The first-order chi connectivity index (χ1) is 14.8. The van der Waals surface area contributed by atoms with Crippen molar-refractivity contribution in [2.75, 3.05) is 18.4 Å². The van der Waals surface area contributed by atoms with Crippen LogP contribution < -0.4 is 16.4 Å². The zero-order valence-electron chi connectivity index (χ0n) is 16.3. The van der Waals surface area contributed by atoms with Crippen LogP contribution in [0.3, 0.4) is 0 Å². The topological polar surface area (TPSA) is 132 Å². The molecule has 1 saturated heterocycles. The van der Waals surface area contributed by atoms with E-state index in [2.05, 4.69) is 15.3 Å². The molecule has 0 radical (unpaired) electrons. The molecule has 1 fully saturated rings. The first kappa shape index (κ1) is 21.3. The molecule has 1 aliphatic rings. The van der Waals surface area contributed by atoms with E-state index in [0.29, 0.717) is 18.6 Å². The van der Waals surface area contributed by atoms with Crippen LogP contribution in [0.4, 0.5) is 5.69 Å². The highest BCUT2D eigenvalue weighted by molar-refractivity contribution is 7.89. The maximum Gasteiger partial charge on any atom is 0.314 e. The molecule has 0 unspecified atom stereocenters. The van der Waals surface area contributed by atoms with Gasteiger partial charge in [0, 0.05) is 18.7 Å². The number of sulfonamides is 1. The fourth-order valence-corrected chi connectivity index (χ4v) is 5.17. The Morgan fingerprint density at radius 1 is 0.935 bits per heavy atom. The second kappa shape index (κ2) is 8.29. The molecule has 4 rings (SSSR count). The van der Waals surface area contributed by atoms with Gasteiger partial charge in [0.05, 0.1) is 26.6 Å². The number of benzene rings is 2. The molecule has 31 heavy (non-hydrogen) atoms. The van der Waals surface area contributed by atoms with E-state index in [0.717, 1.165) is 19.3 Å². The quantitative estimate of drug-likeness (QED) is 0.512. The van der Waals surface area contributed by atoms with E-state index in [4.69, 9.17) is 11.6 Å². The van der Waals surface area contributed by atoms with Crippen molar-refractivity contribution >= 4 is 44.3 Å². The SMILES string of the molecule is O=C(Nc1cc(S(=O)(=O)N2CCCCC2)ccc1Cl)c1ccc2[nH]c(=O)c(=O)[nH]c2c1. The first-order valence-electron chi connectivity index (χ1n) is 9.63. The van der Waals surface area contributed by atoms with E-state index in [1.165, 1.54) is 40.7 Å². The van der Waals surface area contributed by atoms with Crippen molar-refractivity contribution in [2.24, 2.45) is 0 Å². The Labute approximate surface area is 182 Å². The third-order valence-corrected chi connectivity index (χ3v) is 7.35. The molecular formula is C20H19ClN4O5S. The van der Waals surface area contributed by atoms with Crippen molar-refractivity contribution in [3.05, 3.63) is 67.7 Å². The summed E-state index contributed by atoms with van der Waals surface area (Å²) in [5, 5.41) is 2.80. The van der Waals surface area contributed by atoms with Crippen LogP contribution in [-0.4, -0.2) is 41.7 Å². The van der Waals surface area contributed by atoms with Crippen LogP contribution in [0.2, 0.25) is 5.02 Å². The van der Waals surface area contributed by atoms with Crippen LogP contribution in [0.25, 0.3) is 11.0 Å². The number of amides is 1. The van der Waals surface area contributed by atoms with Crippen molar-refractivity contribution in [1.29, 1.82) is 0 Å². The maximum absolute atomic E-state index is 12.9. The molecule has 0 saturated carbocycles. The largest absolute Gasteiger partial charge is 0.321 e. The number of nitrogens with one attached hydrogen (secondary N) is 3. The van der Waals surface area contributed by atoms with E-state index in [9.17, 15) is 22.8 Å². The number of aromatic amines is 2. The standard InChI is InChI=1S/C20H19ClN4O5S/c21-14-6-5-13(31(29,30)25-8-2-1-3-9-25)11-16(14)23-18(26)12-4-7-15-17(10-12)24-20(28)19(27)22-15/h4-7,10-11H,1-3,8-9H2,(H,22,27)(H,23,26)(H,24,28). The zero-order chi connectivity index (χ0) is 22.2. The van der Waals surface area contributed by atoms with Gasteiger partial charge in [-0.05, 0) is 49.2 Å². The number of fused-ring (bicyclic) bond motifs is 1. The summed E-state index contributed by atoms with van der Waals surface area (Å²) in [4.78, 5) is 40.5. The highest BCUT2D eigenvalue weighted by Crippen LogP contribution is 2.28. The number of carbonyl (C=O) groups excluding carboxylic acids is 1. The van der Waals surface area contributed by atoms with Gasteiger partial charge in [-0.3, -0.25) is 14.4 Å². The number of hydrogen-bond acceptors (Lipinski definition) is 5. The lowest BCUT2D eigenvalue weighted by Crippen LogP contribution is -2.35. The minimum atomic E-state index is -3.69. The number of aromatic nitrogens is 2. The Bertz CT molecular complexity index is 1390. The number of nitrogens with zero attached hydrogens (tertiary/aromatic N) is 1. The summed E-state index contributed by atoms with van der Waals surface area (Å²) >= 11 is 6.19. The van der Waals surface area contributed by atoms with E-state index < -0.39 is 27.0 Å². The Hall–Kier alpha value is -2.95. The Morgan fingerprint density at radius 3 is 2.32 bits per heavy atom. The Morgan fingerprint density at radius 2 is 1.61 bits per heavy atom. The minimum Gasteiger partial charge on any atom is -0.321 e. The van der Waals surface area contributed by atoms with Crippen molar-refractivity contribution in [3.63, 3.8) is 0 Å². The van der Waals surface area contributed by atoms with Crippen LogP contribution in [0.5, 0.6) is 0 Å². The number of rotatable bonds is 4. The molecule has 9 nitrogen and oxygen atoms in total. The van der Waals surface area contributed by atoms with E-state index >= 15 is 0 Å². The lowest BCUT2D eigenvalue weighted by Gasteiger charge is -2.26. The van der Waals surface area contributed by atoms with Gasteiger partial charge in [0.15, 0.2) is 0 Å². The Balaban J connectivity index is 1.63. The lowest BCUT2D eigenvalue weighted by atomic mass is 10.1. The summed E-state index contributed by atoms with van der Waals surface area (Å²) in [5.74, 6) is -0.552. The summed E-state index contributed by atoms with van der Waals surface area (Å²) in [5.41, 5.74) is -0.624. The number of piperidine rings is 1. The number of hydrogen-bond donors (Lipinski definition) is 3. The second-order valence-electron chi connectivity index (χ2n) is 7.23. The average Bonchev–Trinajstić information content (AvgIpc) is 2.76. The first-order valence-corrected chi connectivity index (χ1v) is 11.4. The Kier molecular flexibility index (Phi) is 5.69. The predicted molar refractivity (Wildman–Crippen MR) is 117 cm³/mol. The van der Waals surface area contributed by atoms with Crippen molar-refractivity contribution in [3.8, 4) is 0 Å². The van der Waals surface area contributed by atoms with E-state index in [-0.39, 0.29) is 26.7 Å². The molecule has 0 bridgehead atoms. The van der Waals surface area contributed by atoms with Crippen LogP contribution in [0, 0.1) is 0 Å². The number of H-pyrrole nitrogens is 2. The summed E-state index contributed by atoms with van der Waals surface area (Å²) < 4.78 is 27.3. The molecule has 0 atom stereocenters. The van der Waals surface area contributed by atoms with Crippen LogP contribution in [0.1, 0.15) is 29.6 Å². The molecule has 2 aromatic carbocycles. The van der Waals surface area contributed by atoms with Crippen molar-refractivity contribution in [2.45, 2.75) is 24.2 Å². The van der Waals surface area contributed by atoms with Crippen molar-refractivity contribution < 1.29 is 13.2 Å². The third kappa shape index (κ3) is 4.27. The molecular weight excluding hydrogens is 444 g/mol. The van der Waals surface area contributed by atoms with Crippen LogP contribution >= 0.6 is 11.6 Å². The van der Waals surface area contributed by atoms with E-state index in [1.807, 2.05) is 0 Å². The normalized spacial score (nSPS) is 15.1. The summed E-state index contributed by atoms with van der Waals surface area (Å²) in [6, 6.07) is 8.54. The van der Waals surface area contributed by atoms with Gasteiger partial charge in [-0.1, -0.05) is 18.0 Å². The average molecular weight is 463 g/mol. The highest BCUT2D eigenvalue weighted by Gasteiger charge is 2.26. The zero-order valence-corrected chi connectivity index (χ0v) is 17.8. The molecule has 162 valence electrons. The lowest BCUT2D eigenvalue weighted by molar-refractivity contribution is 0.102. The maximum atomic E-state index is 12.9. The molecule has 1 aliphatic heterocycles. The highest BCUT2D eigenvalue weighted by atomic mass is 35.5. The van der Waals surface area contributed by atoms with Gasteiger partial charge in [0.25, 0.3) is 5.91 Å². The van der Waals surface area contributed by atoms with Crippen LogP contribution in [-0.2, 0) is 10.0 Å². The number of carbonyl (C=O) groups is 1. The minimum absolute atomic E-state index is 0.0505. The fourth-order valence-electron chi connectivity index (χ4n) is 3.47. The molecule has 0 aliphatic carbocycles. The van der Waals surface area contributed by atoms with Gasteiger partial charge in [0.1, 0.15) is 0 Å². The van der Waals surface area contributed by atoms with Gasteiger partial charge in [-0.2, -0.15) is 4.31 Å². The molecule has 0 spiro atoms. The second-order valence-corrected chi connectivity index (χ2v) is 9.57. The monoisotopic (exact) mass is 462 g/mol. The molecule has 11 heteroatoms. The smallest absolute Gasteiger partial charge is 0.314 e. The molecule has 1 aromatic heterocycles. The van der Waals surface area contributed by atoms with Crippen molar-refractivity contribution in [1.82, 2.24) is 14.3 Å². The van der Waals surface area contributed by atoms with Gasteiger partial charge in [0.2, 0.25) is 10.0 Å². The predicted octanol–water partition coefficient (Wildman–Crippen LogP) is 2.30. The molecule has 1 amide bonds. The van der Waals surface area contributed by atoms with E-state index in [1.54, 1.807) is 0 Å². The summed E-state index contributed by atoms with van der Waals surface area (Å²) in [7, 11) is -3.69. The van der Waals surface area contributed by atoms with Gasteiger partial charge in [-0.25, -0.2) is 8.42 Å². The molecule has 2 heterocycles. The summed E-state index contributed by atoms with van der Waals surface area (Å²) in [6.45, 7) is 0.925. The number of halogens is 1. The van der Waals surface area contributed by atoms with Gasteiger partial charge < -0.3 is 15.3 Å². The number of anilines is 1.